The molecule has 2 N–H and O–H groups in total. The van der Waals surface area contributed by atoms with Gasteiger partial charge in [0, 0.05) is 45.3 Å². The van der Waals surface area contributed by atoms with E-state index in [1.807, 2.05) is 10.6 Å². The van der Waals surface area contributed by atoms with E-state index in [0.29, 0.717) is 12.6 Å². The number of nitrogens with zero attached hydrogens (tertiary/aromatic N) is 5. The second kappa shape index (κ2) is 10.1. The summed E-state index contributed by atoms with van der Waals surface area (Å²) in [4.78, 5) is 6.77. The van der Waals surface area contributed by atoms with Crippen molar-refractivity contribution in [1.29, 1.82) is 0 Å². The first-order valence-corrected chi connectivity index (χ1v) is 9.93. The van der Waals surface area contributed by atoms with Crippen molar-refractivity contribution in [2.45, 2.75) is 39.0 Å². The Morgan fingerprint density at radius 3 is 2.66 bits per heavy atom. The first-order chi connectivity index (χ1) is 14.1. The van der Waals surface area contributed by atoms with Crippen LogP contribution in [0.1, 0.15) is 24.7 Å². The quantitative estimate of drug-likeness (QED) is 0.508. The highest BCUT2D eigenvalue weighted by Gasteiger charge is 2.23. The molecule has 2 aromatic rings. The Kier molecular flexibility index (Phi) is 7.29. The molecule has 3 rings (SSSR count). The SMILES string of the molecule is CCn1cnnc1CNC(=NC)NC1CCN(Cc2cc(OC)cc(OC)c2)C1. The topological polar surface area (TPSA) is 88.8 Å². The molecule has 1 fully saturated rings. The van der Waals surface area contributed by atoms with E-state index in [1.54, 1.807) is 27.6 Å². The van der Waals surface area contributed by atoms with Crippen LogP contribution in [0.4, 0.5) is 0 Å². The number of aromatic nitrogens is 3. The molecule has 1 saturated heterocycles. The Bertz CT molecular complexity index is 799. The van der Waals surface area contributed by atoms with E-state index in [4.69, 9.17) is 9.47 Å². The van der Waals surface area contributed by atoms with Gasteiger partial charge < -0.3 is 24.7 Å². The zero-order valence-corrected chi connectivity index (χ0v) is 17.7. The molecule has 1 unspecified atom stereocenters. The molecule has 29 heavy (non-hydrogen) atoms. The van der Waals surface area contributed by atoms with Crippen molar-refractivity contribution in [1.82, 2.24) is 30.3 Å². The fourth-order valence-corrected chi connectivity index (χ4v) is 3.54. The van der Waals surface area contributed by atoms with Gasteiger partial charge in [-0.1, -0.05) is 0 Å². The fraction of sp³-hybridized carbons (Fsp3) is 0.550. The Hall–Kier alpha value is -2.81. The van der Waals surface area contributed by atoms with Gasteiger partial charge in [0.15, 0.2) is 11.8 Å². The lowest BCUT2D eigenvalue weighted by Gasteiger charge is -2.19. The number of guanidine groups is 1. The van der Waals surface area contributed by atoms with Crippen molar-refractivity contribution < 1.29 is 9.47 Å². The van der Waals surface area contributed by atoms with Crippen molar-refractivity contribution >= 4 is 5.96 Å². The number of hydrogen-bond donors (Lipinski definition) is 2. The minimum atomic E-state index is 0.345. The summed E-state index contributed by atoms with van der Waals surface area (Å²) in [5.74, 6) is 3.32. The molecule has 2 heterocycles. The van der Waals surface area contributed by atoms with Crippen LogP contribution in [0.25, 0.3) is 0 Å². The van der Waals surface area contributed by atoms with Crippen molar-refractivity contribution in [3.63, 3.8) is 0 Å². The van der Waals surface area contributed by atoms with E-state index >= 15 is 0 Å². The van der Waals surface area contributed by atoms with E-state index < -0.39 is 0 Å². The highest BCUT2D eigenvalue weighted by molar-refractivity contribution is 5.79. The van der Waals surface area contributed by atoms with Crippen LogP contribution in [-0.2, 0) is 19.6 Å². The van der Waals surface area contributed by atoms with E-state index in [0.717, 1.165) is 55.9 Å². The number of hydrogen-bond acceptors (Lipinski definition) is 6. The molecule has 0 bridgehead atoms. The maximum Gasteiger partial charge on any atom is 0.191 e. The molecule has 1 aromatic carbocycles. The number of aryl methyl sites for hydroxylation is 1. The largest absolute Gasteiger partial charge is 0.497 e. The second-order valence-corrected chi connectivity index (χ2v) is 7.04. The molecule has 0 radical (unpaired) electrons. The molecule has 1 aliphatic heterocycles. The molecule has 1 aromatic heterocycles. The minimum absolute atomic E-state index is 0.345. The van der Waals surface area contributed by atoms with Gasteiger partial charge in [0.1, 0.15) is 17.8 Å². The van der Waals surface area contributed by atoms with Gasteiger partial charge in [0.25, 0.3) is 0 Å². The summed E-state index contributed by atoms with van der Waals surface area (Å²) in [5.41, 5.74) is 1.18. The van der Waals surface area contributed by atoms with Crippen molar-refractivity contribution in [3.8, 4) is 11.5 Å². The zero-order chi connectivity index (χ0) is 20.6. The summed E-state index contributed by atoms with van der Waals surface area (Å²) in [6.07, 6.45) is 2.81. The van der Waals surface area contributed by atoms with Crippen LogP contribution < -0.4 is 20.1 Å². The molecule has 0 amide bonds. The normalized spacial score (nSPS) is 17.4. The first kappa shape index (κ1) is 20.9. The third-order valence-electron chi connectivity index (χ3n) is 5.10. The number of benzene rings is 1. The smallest absolute Gasteiger partial charge is 0.191 e. The summed E-state index contributed by atoms with van der Waals surface area (Å²) in [6, 6.07) is 6.37. The van der Waals surface area contributed by atoms with E-state index in [2.05, 4.69) is 49.8 Å². The Morgan fingerprint density at radius 2 is 2.00 bits per heavy atom. The van der Waals surface area contributed by atoms with E-state index in [-0.39, 0.29) is 0 Å². The monoisotopic (exact) mass is 401 g/mol. The Labute approximate surface area is 172 Å². The molecule has 0 spiro atoms. The molecular weight excluding hydrogens is 370 g/mol. The summed E-state index contributed by atoms with van der Waals surface area (Å²) in [6.45, 7) is 6.35. The van der Waals surface area contributed by atoms with Crippen LogP contribution in [-0.4, -0.2) is 66.0 Å². The maximum atomic E-state index is 5.38. The number of ether oxygens (including phenoxy) is 2. The van der Waals surface area contributed by atoms with Gasteiger partial charge in [-0.3, -0.25) is 9.89 Å². The lowest BCUT2D eigenvalue weighted by molar-refractivity contribution is 0.321. The van der Waals surface area contributed by atoms with Crippen LogP contribution >= 0.6 is 0 Å². The molecule has 0 aliphatic carbocycles. The van der Waals surface area contributed by atoms with Gasteiger partial charge in [0.2, 0.25) is 0 Å². The average Bonchev–Trinajstić information content (AvgIpc) is 3.39. The van der Waals surface area contributed by atoms with Crippen molar-refractivity contribution in [2.75, 3.05) is 34.4 Å². The molecule has 0 saturated carbocycles. The number of nitrogens with one attached hydrogen (secondary N) is 2. The van der Waals surface area contributed by atoms with Gasteiger partial charge in [0.05, 0.1) is 20.8 Å². The molecule has 9 nitrogen and oxygen atoms in total. The number of likely N-dealkylation sites (tertiary alicyclic amines) is 1. The van der Waals surface area contributed by atoms with Crippen LogP contribution in [0.15, 0.2) is 29.5 Å². The van der Waals surface area contributed by atoms with Crippen molar-refractivity contribution in [2.24, 2.45) is 4.99 Å². The molecule has 1 aliphatic rings. The zero-order valence-electron chi connectivity index (χ0n) is 17.7. The van der Waals surface area contributed by atoms with Gasteiger partial charge in [-0.25, -0.2) is 0 Å². The lowest BCUT2D eigenvalue weighted by Crippen LogP contribution is -2.44. The van der Waals surface area contributed by atoms with Gasteiger partial charge in [-0.2, -0.15) is 0 Å². The summed E-state index contributed by atoms with van der Waals surface area (Å²) in [5, 5.41) is 15.0. The predicted octanol–water partition coefficient (Wildman–Crippen LogP) is 1.25. The van der Waals surface area contributed by atoms with E-state index in [1.165, 1.54) is 5.56 Å². The molecule has 158 valence electrons. The second-order valence-electron chi connectivity index (χ2n) is 7.04. The predicted molar refractivity (Wildman–Crippen MR) is 112 cm³/mol. The van der Waals surface area contributed by atoms with Crippen LogP contribution in [0.3, 0.4) is 0 Å². The van der Waals surface area contributed by atoms with Gasteiger partial charge >= 0.3 is 0 Å². The summed E-state index contributed by atoms with van der Waals surface area (Å²) < 4.78 is 12.8. The van der Waals surface area contributed by atoms with Crippen LogP contribution in [0.2, 0.25) is 0 Å². The third kappa shape index (κ3) is 5.60. The number of methoxy groups -OCH3 is 2. The molecule has 9 heteroatoms. The first-order valence-electron chi connectivity index (χ1n) is 9.93. The third-order valence-corrected chi connectivity index (χ3v) is 5.10. The fourth-order valence-electron chi connectivity index (χ4n) is 3.54. The Morgan fingerprint density at radius 1 is 1.24 bits per heavy atom. The standard InChI is InChI=1S/C20H31N7O2/c1-5-27-14-23-25-19(27)11-22-20(21-2)24-16-6-7-26(13-16)12-15-8-17(28-3)10-18(9-15)29-4/h8-10,14,16H,5-7,11-13H2,1-4H3,(H2,21,22,24). The molecule has 1 atom stereocenters. The lowest BCUT2D eigenvalue weighted by atomic mass is 10.2. The molecular formula is C20H31N7O2. The summed E-state index contributed by atoms with van der Waals surface area (Å²) in [7, 11) is 5.14. The maximum absolute atomic E-state index is 5.38. The highest BCUT2D eigenvalue weighted by Crippen LogP contribution is 2.24. The van der Waals surface area contributed by atoms with Gasteiger partial charge in [-0.05, 0) is 31.0 Å². The minimum Gasteiger partial charge on any atom is -0.497 e. The number of aliphatic imine (C=N–C) groups is 1. The van der Waals surface area contributed by atoms with E-state index in [9.17, 15) is 0 Å². The number of rotatable bonds is 8. The average molecular weight is 402 g/mol. The van der Waals surface area contributed by atoms with Gasteiger partial charge in [-0.15, -0.1) is 10.2 Å². The highest BCUT2D eigenvalue weighted by atomic mass is 16.5. The summed E-state index contributed by atoms with van der Waals surface area (Å²) >= 11 is 0. The Balaban J connectivity index is 1.51. The van der Waals surface area contributed by atoms with Crippen LogP contribution in [0, 0.1) is 0 Å². The van der Waals surface area contributed by atoms with Crippen LogP contribution in [0.5, 0.6) is 11.5 Å². The van der Waals surface area contributed by atoms with Crippen molar-refractivity contribution in [3.05, 3.63) is 35.9 Å².